The first-order valence-corrected chi connectivity index (χ1v) is 14.8. The van der Waals surface area contributed by atoms with Crippen LogP contribution < -0.4 is 10.6 Å². The van der Waals surface area contributed by atoms with Gasteiger partial charge in [0, 0.05) is 16.1 Å². The van der Waals surface area contributed by atoms with Gasteiger partial charge in [0.2, 0.25) is 0 Å². The molecule has 0 aliphatic carbocycles. The smallest absolute Gasteiger partial charge is 0.0847 e. The summed E-state index contributed by atoms with van der Waals surface area (Å²) in [6, 6.07) is 47.7. The number of rotatable bonds is 10. The number of hydrogen-bond acceptors (Lipinski definition) is 2. The summed E-state index contributed by atoms with van der Waals surface area (Å²) in [5.41, 5.74) is 8.41. The Labute approximate surface area is 247 Å². The van der Waals surface area contributed by atoms with Gasteiger partial charge < -0.3 is 0 Å². The molecule has 0 aliphatic heterocycles. The standard InChI is InChI=1S/C37H37BrN2/c1-4-37(3,34-21-23-35(38)24-22-34)40-36(33-20-12-19-32(26-33)29-15-9-6-10-16-29)39-27(2)30-17-11-18-31(25-30)28-13-7-5-8-14-28/h5-27,36,39-40H,4H2,1-3H3. The zero-order chi connectivity index (χ0) is 28.0. The molecule has 3 atom stereocenters. The number of nitrogens with one attached hydrogen (secondary N) is 2. The molecule has 3 heteroatoms. The Morgan fingerprint density at radius 1 is 0.625 bits per heavy atom. The second-order valence-electron chi connectivity index (χ2n) is 10.6. The van der Waals surface area contributed by atoms with Gasteiger partial charge in [0.25, 0.3) is 0 Å². The lowest BCUT2D eigenvalue weighted by Crippen LogP contribution is -2.47. The summed E-state index contributed by atoms with van der Waals surface area (Å²) in [6.07, 6.45) is 0.871. The molecular formula is C37H37BrN2. The highest BCUT2D eigenvalue weighted by atomic mass is 79.9. The summed E-state index contributed by atoms with van der Waals surface area (Å²) in [6.45, 7) is 6.80. The molecule has 0 fully saturated rings. The third-order valence-corrected chi connectivity index (χ3v) is 8.42. The molecule has 0 saturated carbocycles. The van der Waals surface area contributed by atoms with Gasteiger partial charge in [-0.15, -0.1) is 0 Å². The second-order valence-corrected chi connectivity index (χ2v) is 11.6. The average Bonchev–Trinajstić information content (AvgIpc) is 3.02. The zero-order valence-corrected chi connectivity index (χ0v) is 25.0. The zero-order valence-electron chi connectivity index (χ0n) is 23.4. The van der Waals surface area contributed by atoms with Crippen LogP contribution in [0.5, 0.6) is 0 Å². The summed E-state index contributed by atoms with van der Waals surface area (Å²) in [4.78, 5) is 0. The predicted molar refractivity (Wildman–Crippen MR) is 173 cm³/mol. The molecule has 0 aliphatic rings. The van der Waals surface area contributed by atoms with E-state index < -0.39 is 0 Å². The average molecular weight is 590 g/mol. The Balaban J connectivity index is 1.50. The van der Waals surface area contributed by atoms with Crippen molar-refractivity contribution >= 4 is 15.9 Å². The van der Waals surface area contributed by atoms with E-state index in [0.717, 1.165) is 10.9 Å². The number of halogens is 1. The summed E-state index contributed by atoms with van der Waals surface area (Å²) in [5, 5.41) is 7.99. The summed E-state index contributed by atoms with van der Waals surface area (Å²) < 4.78 is 1.09. The van der Waals surface area contributed by atoms with E-state index in [-0.39, 0.29) is 17.7 Å². The van der Waals surface area contributed by atoms with Crippen molar-refractivity contribution in [2.24, 2.45) is 0 Å². The van der Waals surface area contributed by atoms with Gasteiger partial charge in [-0.3, -0.25) is 10.6 Å². The van der Waals surface area contributed by atoms with Crippen LogP contribution in [0.4, 0.5) is 0 Å². The van der Waals surface area contributed by atoms with Crippen LogP contribution >= 0.6 is 15.9 Å². The first-order chi connectivity index (χ1) is 19.4. The van der Waals surface area contributed by atoms with Gasteiger partial charge in [0.05, 0.1) is 6.17 Å². The second kappa shape index (κ2) is 12.8. The SMILES string of the molecule is CCC(C)(NC(NC(C)c1cccc(-c2ccccc2)c1)c1cccc(-c2ccccc2)c1)c1ccc(Br)cc1. The third-order valence-electron chi connectivity index (χ3n) is 7.89. The fraction of sp³-hybridized carbons (Fsp3) is 0.189. The van der Waals surface area contributed by atoms with Gasteiger partial charge in [0.15, 0.2) is 0 Å². The normalized spacial score (nSPS) is 14.3. The highest BCUT2D eigenvalue weighted by molar-refractivity contribution is 9.10. The lowest BCUT2D eigenvalue weighted by molar-refractivity contribution is 0.263. The monoisotopic (exact) mass is 588 g/mol. The van der Waals surface area contributed by atoms with Crippen molar-refractivity contribution in [3.8, 4) is 22.3 Å². The van der Waals surface area contributed by atoms with Crippen molar-refractivity contribution in [2.45, 2.75) is 44.9 Å². The highest BCUT2D eigenvalue weighted by Gasteiger charge is 2.29. The quantitative estimate of drug-likeness (QED) is 0.158. The van der Waals surface area contributed by atoms with E-state index in [1.54, 1.807) is 0 Å². The third kappa shape index (κ3) is 6.62. The van der Waals surface area contributed by atoms with E-state index in [1.807, 2.05) is 0 Å². The largest absolute Gasteiger partial charge is 0.291 e. The van der Waals surface area contributed by atoms with Crippen LogP contribution in [-0.4, -0.2) is 0 Å². The molecule has 40 heavy (non-hydrogen) atoms. The van der Waals surface area contributed by atoms with E-state index in [4.69, 9.17) is 0 Å². The lowest BCUT2D eigenvalue weighted by atomic mass is 9.88. The summed E-state index contributed by atoms with van der Waals surface area (Å²) in [5.74, 6) is 0. The molecular weight excluding hydrogens is 552 g/mol. The Bertz CT molecular complexity index is 1520. The van der Waals surface area contributed by atoms with Crippen molar-refractivity contribution in [2.75, 3.05) is 0 Å². The van der Waals surface area contributed by atoms with Gasteiger partial charge in [-0.2, -0.15) is 0 Å². The Morgan fingerprint density at radius 2 is 1.12 bits per heavy atom. The lowest BCUT2D eigenvalue weighted by Gasteiger charge is -2.37. The maximum Gasteiger partial charge on any atom is 0.0847 e. The maximum atomic E-state index is 4.03. The van der Waals surface area contributed by atoms with Gasteiger partial charge in [0.1, 0.15) is 0 Å². The molecule has 0 bridgehead atoms. The van der Waals surface area contributed by atoms with Crippen LogP contribution in [0.1, 0.15) is 56.1 Å². The fourth-order valence-electron chi connectivity index (χ4n) is 5.24. The van der Waals surface area contributed by atoms with E-state index in [0.29, 0.717) is 0 Å². The van der Waals surface area contributed by atoms with Crippen molar-refractivity contribution in [3.63, 3.8) is 0 Å². The van der Waals surface area contributed by atoms with Crippen molar-refractivity contribution in [3.05, 3.63) is 155 Å². The van der Waals surface area contributed by atoms with E-state index in [2.05, 4.69) is 181 Å². The molecule has 0 spiro atoms. The van der Waals surface area contributed by atoms with Crippen LogP contribution in [0.25, 0.3) is 22.3 Å². The van der Waals surface area contributed by atoms with Crippen molar-refractivity contribution < 1.29 is 0 Å². The minimum atomic E-state index is -0.229. The Morgan fingerprint density at radius 3 is 1.68 bits per heavy atom. The van der Waals surface area contributed by atoms with Crippen LogP contribution in [-0.2, 0) is 5.54 Å². The fourth-order valence-corrected chi connectivity index (χ4v) is 5.50. The number of benzene rings is 5. The Hall–Kier alpha value is -3.50. The molecule has 0 aromatic heterocycles. The molecule has 5 aromatic rings. The molecule has 0 saturated heterocycles. The van der Waals surface area contributed by atoms with Crippen molar-refractivity contribution in [1.82, 2.24) is 10.6 Å². The first-order valence-electron chi connectivity index (χ1n) is 14.1. The van der Waals surface area contributed by atoms with E-state index in [9.17, 15) is 0 Å². The molecule has 202 valence electrons. The van der Waals surface area contributed by atoms with Crippen molar-refractivity contribution in [1.29, 1.82) is 0 Å². The summed E-state index contributed by atoms with van der Waals surface area (Å²) >= 11 is 3.60. The highest BCUT2D eigenvalue weighted by Crippen LogP contribution is 2.32. The first kappa shape index (κ1) is 28.0. The minimum absolute atomic E-state index is 0.0763. The van der Waals surface area contributed by atoms with Gasteiger partial charge >= 0.3 is 0 Å². The van der Waals surface area contributed by atoms with E-state index >= 15 is 0 Å². The predicted octanol–water partition coefficient (Wildman–Crippen LogP) is 10.0. The molecule has 0 amide bonds. The van der Waals surface area contributed by atoms with Gasteiger partial charge in [-0.25, -0.2) is 0 Å². The molecule has 2 nitrogen and oxygen atoms in total. The topological polar surface area (TPSA) is 24.1 Å². The molecule has 5 rings (SSSR count). The van der Waals surface area contributed by atoms with Crippen LogP contribution in [0, 0.1) is 0 Å². The molecule has 3 unspecified atom stereocenters. The molecule has 2 N–H and O–H groups in total. The minimum Gasteiger partial charge on any atom is -0.291 e. The number of hydrogen-bond donors (Lipinski definition) is 2. The van der Waals surface area contributed by atoms with Gasteiger partial charge in [-0.1, -0.05) is 132 Å². The van der Waals surface area contributed by atoms with Crippen LogP contribution in [0.15, 0.2) is 138 Å². The van der Waals surface area contributed by atoms with Crippen LogP contribution in [0.3, 0.4) is 0 Å². The maximum absolute atomic E-state index is 4.03. The Kier molecular flexibility index (Phi) is 8.96. The summed E-state index contributed by atoms with van der Waals surface area (Å²) in [7, 11) is 0. The van der Waals surface area contributed by atoms with E-state index in [1.165, 1.54) is 38.9 Å². The molecule has 5 aromatic carbocycles. The molecule has 0 heterocycles. The molecule has 0 radical (unpaired) electrons. The van der Waals surface area contributed by atoms with Crippen LogP contribution in [0.2, 0.25) is 0 Å². The van der Waals surface area contributed by atoms with Gasteiger partial charge in [-0.05, 0) is 83.5 Å².